The molecule has 0 saturated carbocycles. The van der Waals surface area contributed by atoms with Crippen molar-refractivity contribution >= 4 is 5.91 Å². The molecule has 3 heterocycles. The van der Waals surface area contributed by atoms with Gasteiger partial charge in [-0.15, -0.1) is 0 Å². The van der Waals surface area contributed by atoms with Gasteiger partial charge in [-0.1, -0.05) is 23.4 Å². The number of aliphatic hydroxyl groups is 1. The molecule has 2 aliphatic rings. The van der Waals surface area contributed by atoms with Crippen LogP contribution in [0.5, 0.6) is 5.75 Å². The van der Waals surface area contributed by atoms with Crippen LogP contribution in [0.25, 0.3) is 0 Å². The van der Waals surface area contributed by atoms with Crippen LogP contribution in [0.15, 0.2) is 34.9 Å². The standard InChI is InChI=1S/C20H25N3O4/c1-22(12-16-10-14-4-2-3-5-19(14)26-16)20(25)18-11-17(27-21-18)13-23-8-6-15(24)7-9-23/h2-5,11,15-16,24H,6-10,12-13H2,1H3/t16-/m1/s1. The van der Waals surface area contributed by atoms with Crippen LogP contribution in [-0.4, -0.2) is 64.9 Å². The number of rotatable bonds is 5. The van der Waals surface area contributed by atoms with Crippen LogP contribution >= 0.6 is 0 Å². The van der Waals surface area contributed by atoms with Gasteiger partial charge in [0.2, 0.25) is 0 Å². The first-order chi connectivity index (χ1) is 13.1. The molecule has 1 aromatic carbocycles. The number of hydrogen-bond donors (Lipinski definition) is 1. The lowest BCUT2D eigenvalue weighted by atomic mass is 10.1. The number of piperidine rings is 1. The molecule has 0 radical (unpaired) electrons. The third kappa shape index (κ3) is 4.14. The Kier molecular flexibility index (Phi) is 5.13. The fourth-order valence-electron chi connectivity index (χ4n) is 3.73. The molecule has 1 aromatic heterocycles. The number of para-hydroxylation sites is 1. The van der Waals surface area contributed by atoms with Crippen molar-refractivity contribution in [1.82, 2.24) is 15.0 Å². The van der Waals surface area contributed by atoms with E-state index in [1.807, 2.05) is 18.2 Å². The number of hydrogen-bond acceptors (Lipinski definition) is 6. The maximum atomic E-state index is 12.7. The summed E-state index contributed by atoms with van der Waals surface area (Å²) in [4.78, 5) is 16.5. The highest BCUT2D eigenvalue weighted by Crippen LogP contribution is 2.28. The number of likely N-dealkylation sites (N-methyl/N-ethyl adjacent to an activating group) is 1. The molecule has 7 heteroatoms. The largest absolute Gasteiger partial charge is 0.488 e. The van der Waals surface area contributed by atoms with Crippen LogP contribution in [0, 0.1) is 0 Å². The average molecular weight is 371 g/mol. The van der Waals surface area contributed by atoms with E-state index in [1.165, 1.54) is 5.56 Å². The van der Waals surface area contributed by atoms with Gasteiger partial charge in [0.1, 0.15) is 11.9 Å². The van der Waals surface area contributed by atoms with Gasteiger partial charge in [0.05, 0.1) is 19.2 Å². The number of carbonyl (C=O) groups excluding carboxylic acids is 1. The third-order valence-corrected chi connectivity index (χ3v) is 5.25. The van der Waals surface area contributed by atoms with E-state index in [2.05, 4.69) is 16.1 Å². The molecule has 1 saturated heterocycles. The minimum atomic E-state index is -0.203. The molecule has 4 rings (SSSR count). The highest BCUT2D eigenvalue weighted by atomic mass is 16.5. The first kappa shape index (κ1) is 18.0. The summed E-state index contributed by atoms with van der Waals surface area (Å²) in [7, 11) is 1.76. The smallest absolute Gasteiger partial charge is 0.275 e. The minimum Gasteiger partial charge on any atom is -0.488 e. The quantitative estimate of drug-likeness (QED) is 0.862. The molecule has 7 nitrogen and oxygen atoms in total. The van der Waals surface area contributed by atoms with Gasteiger partial charge in [-0.2, -0.15) is 0 Å². The SMILES string of the molecule is CN(C[C@H]1Cc2ccccc2O1)C(=O)c1cc(CN2CCC(O)CC2)on1. The van der Waals surface area contributed by atoms with Gasteiger partial charge in [0.15, 0.2) is 11.5 Å². The molecule has 2 aliphatic heterocycles. The number of nitrogens with zero attached hydrogens (tertiary/aromatic N) is 3. The van der Waals surface area contributed by atoms with Gasteiger partial charge in [-0.3, -0.25) is 9.69 Å². The summed E-state index contributed by atoms with van der Waals surface area (Å²) in [5.74, 6) is 1.41. The molecular weight excluding hydrogens is 346 g/mol. The zero-order valence-electron chi connectivity index (χ0n) is 15.5. The monoisotopic (exact) mass is 371 g/mol. The van der Waals surface area contributed by atoms with Crippen molar-refractivity contribution in [3.05, 3.63) is 47.3 Å². The number of amides is 1. The number of carbonyl (C=O) groups is 1. The Morgan fingerprint density at radius 1 is 1.33 bits per heavy atom. The normalized spacial score (nSPS) is 20.3. The highest BCUT2D eigenvalue weighted by molar-refractivity contribution is 5.92. The van der Waals surface area contributed by atoms with Gasteiger partial charge < -0.3 is 19.3 Å². The number of fused-ring (bicyclic) bond motifs is 1. The molecule has 144 valence electrons. The van der Waals surface area contributed by atoms with Crippen molar-refractivity contribution < 1.29 is 19.2 Å². The molecule has 0 bridgehead atoms. The second-order valence-corrected chi connectivity index (χ2v) is 7.42. The van der Waals surface area contributed by atoms with Gasteiger partial charge in [-0.25, -0.2) is 0 Å². The maximum Gasteiger partial charge on any atom is 0.275 e. The minimum absolute atomic E-state index is 0.0394. The fraction of sp³-hybridized carbons (Fsp3) is 0.500. The van der Waals surface area contributed by atoms with E-state index in [0.717, 1.165) is 38.1 Å². The van der Waals surface area contributed by atoms with Crippen LogP contribution in [0.1, 0.15) is 34.7 Å². The number of benzene rings is 1. The average Bonchev–Trinajstić information content (AvgIpc) is 3.29. The van der Waals surface area contributed by atoms with Gasteiger partial charge in [0, 0.05) is 32.6 Å². The second kappa shape index (κ2) is 7.70. The van der Waals surface area contributed by atoms with Crippen LogP contribution in [0.4, 0.5) is 0 Å². The van der Waals surface area contributed by atoms with Crippen LogP contribution in [0.2, 0.25) is 0 Å². The van der Waals surface area contributed by atoms with Gasteiger partial charge in [0.25, 0.3) is 5.91 Å². The van der Waals surface area contributed by atoms with E-state index < -0.39 is 0 Å². The maximum absolute atomic E-state index is 12.7. The van der Waals surface area contributed by atoms with E-state index in [1.54, 1.807) is 18.0 Å². The molecule has 0 spiro atoms. The van der Waals surface area contributed by atoms with Crippen molar-refractivity contribution in [2.24, 2.45) is 0 Å². The Bertz CT molecular complexity index is 773. The lowest BCUT2D eigenvalue weighted by molar-refractivity contribution is 0.0715. The number of likely N-dealkylation sites (tertiary alicyclic amines) is 1. The van der Waals surface area contributed by atoms with Crippen molar-refractivity contribution in [3.8, 4) is 5.75 Å². The number of aliphatic hydroxyl groups excluding tert-OH is 1. The van der Waals surface area contributed by atoms with Crippen molar-refractivity contribution in [3.63, 3.8) is 0 Å². The molecule has 1 atom stereocenters. The lowest BCUT2D eigenvalue weighted by Gasteiger charge is -2.28. The predicted octanol–water partition coefficient (Wildman–Crippen LogP) is 1.71. The summed E-state index contributed by atoms with van der Waals surface area (Å²) < 4.78 is 11.3. The van der Waals surface area contributed by atoms with E-state index in [-0.39, 0.29) is 18.1 Å². The summed E-state index contributed by atoms with van der Waals surface area (Å²) in [6.45, 7) is 2.76. The Labute approximate surface area is 158 Å². The van der Waals surface area contributed by atoms with Crippen LogP contribution in [-0.2, 0) is 13.0 Å². The molecular formula is C20H25N3O4. The zero-order chi connectivity index (χ0) is 18.8. The predicted molar refractivity (Wildman–Crippen MR) is 98.5 cm³/mol. The van der Waals surface area contributed by atoms with E-state index in [4.69, 9.17) is 9.26 Å². The summed E-state index contributed by atoms with van der Waals surface area (Å²) in [5.41, 5.74) is 1.50. The number of aromatic nitrogens is 1. The zero-order valence-corrected chi connectivity index (χ0v) is 15.5. The highest BCUT2D eigenvalue weighted by Gasteiger charge is 2.27. The van der Waals surface area contributed by atoms with Gasteiger partial charge >= 0.3 is 0 Å². The lowest BCUT2D eigenvalue weighted by Crippen LogP contribution is -2.36. The van der Waals surface area contributed by atoms with Crippen LogP contribution in [0.3, 0.4) is 0 Å². The number of ether oxygens (including phenoxy) is 1. The Morgan fingerprint density at radius 3 is 2.89 bits per heavy atom. The van der Waals surface area contributed by atoms with Crippen LogP contribution < -0.4 is 4.74 Å². The summed E-state index contributed by atoms with van der Waals surface area (Å²) in [6.07, 6.45) is 2.10. The van der Waals surface area contributed by atoms with E-state index in [9.17, 15) is 9.90 Å². The fourth-order valence-corrected chi connectivity index (χ4v) is 3.73. The summed E-state index contributed by atoms with van der Waals surface area (Å²) in [6, 6.07) is 9.69. The Hall–Kier alpha value is -2.38. The Morgan fingerprint density at radius 2 is 2.11 bits per heavy atom. The first-order valence-electron chi connectivity index (χ1n) is 9.44. The molecule has 2 aromatic rings. The molecule has 1 fully saturated rings. The molecule has 1 N–H and O–H groups in total. The molecule has 1 amide bonds. The van der Waals surface area contributed by atoms with E-state index >= 15 is 0 Å². The topological polar surface area (TPSA) is 79.0 Å². The molecule has 27 heavy (non-hydrogen) atoms. The van der Waals surface area contributed by atoms with Gasteiger partial charge in [-0.05, 0) is 24.5 Å². The summed E-state index contributed by atoms with van der Waals surface area (Å²) >= 11 is 0. The molecule has 0 aliphatic carbocycles. The summed E-state index contributed by atoms with van der Waals surface area (Å²) in [5, 5.41) is 13.5. The van der Waals surface area contributed by atoms with E-state index in [0.29, 0.717) is 24.5 Å². The van der Waals surface area contributed by atoms with Crippen molar-refractivity contribution in [2.75, 3.05) is 26.7 Å². The second-order valence-electron chi connectivity index (χ2n) is 7.42. The van der Waals surface area contributed by atoms with Crippen molar-refractivity contribution in [2.45, 2.75) is 38.0 Å². The van der Waals surface area contributed by atoms with Crippen molar-refractivity contribution in [1.29, 1.82) is 0 Å². The first-order valence-corrected chi connectivity index (χ1v) is 9.44. The third-order valence-electron chi connectivity index (χ3n) is 5.25. The Balaban J connectivity index is 1.31. The molecule has 0 unspecified atom stereocenters.